The van der Waals surface area contributed by atoms with E-state index in [0.717, 1.165) is 29.7 Å². The number of benzene rings is 2. The van der Waals surface area contributed by atoms with E-state index in [2.05, 4.69) is 0 Å². The molecule has 0 saturated carbocycles. The minimum Gasteiger partial charge on any atom is -0.504 e. The van der Waals surface area contributed by atoms with Gasteiger partial charge in [-0.05, 0) is 74.6 Å². The minimum atomic E-state index is -0.840. The summed E-state index contributed by atoms with van der Waals surface area (Å²) in [5, 5.41) is 9.51. The topological polar surface area (TPSA) is 66.8 Å². The van der Waals surface area contributed by atoms with Gasteiger partial charge in [0.2, 0.25) is 0 Å². The molecule has 0 aliphatic carbocycles. The third-order valence-corrected chi connectivity index (χ3v) is 4.55. The minimum absolute atomic E-state index is 0.0944. The van der Waals surface area contributed by atoms with Gasteiger partial charge in [-0.25, -0.2) is 9.18 Å². The molecule has 0 unspecified atom stereocenters. The van der Waals surface area contributed by atoms with E-state index in [0.29, 0.717) is 18.4 Å². The van der Waals surface area contributed by atoms with Gasteiger partial charge in [-0.15, -0.1) is 0 Å². The van der Waals surface area contributed by atoms with Gasteiger partial charge in [0, 0.05) is 6.54 Å². The lowest BCUT2D eigenvalue weighted by atomic mass is 9.99. The molecule has 1 amide bonds. The molecule has 2 aromatic carbocycles. The van der Waals surface area contributed by atoms with Gasteiger partial charge in [-0.3, -0.25) is 9.69 Å². The number of rotatable bonds is 3. The predicted octanol–water partition coefficient (Wildman–Crippen LogP) is 5.20. The van der Waals surface area contributed by atoms with Crippen LogP contribution in [-0.4, -0.2) is 29.6 Å². The van der Waals surface area contributed by atoms with Crippen molar-refractivity contribution in [3.8, 4) is 5.75 Å². The molecule has 0 radical (unpaired) electrons. The third-order valence-electron chi connectivity index (χ3n) is 4.55. The average molecular weight is 397 g/mol. The maximum absolute atomic E-state index is 13.7. The summed E-state index contributed by atoms with van der Waals surface area (Å²) in [5.41, 5.74) is 2.57. The Kier molecular flexibility index (Phi) is 5.73. The van der Waals surface area contributed by atoms with Gasteiger partial charge in [0.1, 0.15) is 5.60 Å². The normalized spacial score (nSPS) is 14.0. The number of phenols is 1. The first-order valence-electron chi connectivity index (χ1n) is 9.47. The van der Waals surface area contributed by atoms with Crippen LogP contribution in [0.15, 0.2) is 30.3 Å². The highest BCUT2D eigenvalue weighted by atomic mass is 19.1. The number of amides is 1. The number of aldehydes is 1. The summed E-state index contributed by atoms with van der Waals surface area (Å²) >= 11 is 0. The summed E-state index contributed by atoms with van der Waals surface area (Å²) in [6.45, 7) is 6.13. The maximum Gasteiger partial charge on any atom is 0.414 e. The van der Waals surface area contributed by atoms with E-state index in [4.69, 9.17) is 4.74 Å². The zero-order valence-corrected chi connectivity index (χ0v) is 16.7. The van der Waals surface area contributed by atoms with E-state index in [1.807, 2.05) is 39.0 Å². The zero-order chi connectivity index (χ0) is 21.2. The van der Waals surface area contributed by atoms with Crippen LogP contribution < -0.4 is 4.90 Å². The number of anilines is 1. The van der Waals surface area contributed by atoms with Crippen LogP contribution in [0.3, 0.4) is 0 Å². The van der Waals surface area contributed by atoms with Crippen molar-refractivity contribution >= 4 is 30.2 Å². The molecule has 6 heteroatoms. The smallest absolute Gasteiger partial charge is 0.414 e. The van der Waals surface area contributed by atoms with E-state index < -0.39 is 17.2 Å². The fourth-order valence-corrected chi connectivity index (χ4v) is 3.25. The van der Waals surface area contributed by atoms with Crippen molar-refractivity contribution in [3.63, 3.8) is 0 Å². The quantitative estimate of drug-likeness (QED) is 0.571. The lowest BCUT2D eigenvalue weighted by Crippen LogP contribution is -2.39. The van der Waals surface area contributed by atoms with Crippen LogP contribution in [0.5, 0.6) is 5.75 Å². The molecule has 0 fully saturated rings. The number of nitrogens with zero attached hydrogens (tertiary/aromatic N) is 1. The first-order valence-corrected chi connectivity index (χ1v) is 9.47. The Morgan fingerprint density at radius 3 is 2.59 bits per heavy atom. The molecule has 1 heterocycles. The Labute approximate surface area is 169 Å². The first kappa shape index (κ1) is 20.6. The van der Waals surface area contributed by atoms with Gasteiger partial charge in [-0.2, -0.15) is 0 Å². The van der Waals surface area contributed by atoms with E-state index in [1.54, 1.807) is 17.1 Å². The molecule has 0 saturated heterocycles. The van der Waals surface area contributed by atoms with Crippen LogP contribution >= 0.6 is 0 Å². The summed E-state index contributed by atoms with van der Waals surface area (Å²) < 4.78 is 19.2. The standard InChI is InChI=1S/C23H24FNO4/c1-23(2,3)29-22(28)25-10-4-5-17-11-15(8-9-20(17)25)6-7-16-12-18(14-26)21(27)19(24)13-16/h6-9,11-14,27H,4-5,10H2,1-3H3/b7-6+. The van der Waals surface area contributed by atoms with Crippen molar-refractivity contribution in [3.05, 3.63) is 58.4 Å². The summed E-state index contributed by atoms with van der Waals surface area (Å²) in [6.07, 6.45) is 5.21. The second kappa shape index (κ2) is 8.07. The van der Waals surface area contributed by atoms with Crippen molar-refractivity contribution in [1.82, 2.24) is 0 Å². The number of halogens is 1. The number of carbonyl (C=O) groups excluding carboxylic acids is 2. The molecule has 1 N–H and O–H groups in total. The van der Waals surface area contributed by atoms with E-state index >= 15 is 0 Å². The Morgan fingerprint density at radius 2 is 1.90 bits per heavy atom. The number of aryl methyl sites for hydroxylation is 1. The second-order valence-corrected chi connectivity index (χ2v) is 8.02. The second-order valence-electron chi connectivity index (χ2n) is 8.02. The number of hydrogen-bond donors (Lipinski definition) is 1. The molecule has 152 valence electrons. The molecule has 29 heavy (non-hydrogen) atoms. The van der Waals surface area contributed by atoms with Crippen LogP contribution in [0.1, 0.15) is 54.2 Å². The van der Waals surface area contributed by atoms with Crippen molar-refractivity contribution in [1.29, 1.82) is 0 Å². The van der Waals surface area contributed by atoms with E-state index in [-0.39, 0.29) is 11.7 Å². The summed E-state index contributed by atoms with van der Waals surface area (Å²) in [6, 6.07) is 8.33. The molecule has 5 nitrogen and oxygen atoms in total. The fraction of sp³-hybridized carbons (Fsp3) is 0.304. The number of phenolic OH excluding ortho intramolecular Hbond substituents is 1. The predicted molar refractivity (Wildman–Crippen MR) is 111 cm³/mol. The molecular weight excluding hydrogens is 373 g/mol. The lowest BCUT2D eigenvalue weighted by Gasteiger charge is -2.31. The van der Waals surface area contributed by atoms with E-state index in [9.17, 15) is 19.1 Å². The molecule has 0 spiro atoms. The van der Waals surface area contributed by atoms with Crippen LogP contribution in [0, 0.1) is 5.82 Å². The monoisotopic (exact) mass is 397 g/mol. The van der Waals surface area contributed by atoms with Crippen LogP contribution in [-0.2, 0) is 11.2 Å². The number of ether oxygens (including phenoxy) is 1. The number of carbonyl (C=O) groups is 2. The highest BCUT2D eigenvalue weighted by Gasteiger charge is 2.27. The van der Waals surface area contributed by atoms with Crippen molar-refractivity contribution in [2.24, 2.45) is 0 Å². The maximum atomic E-state index is 13.7. The van der Waals surface area contributed by atoms with Gasteiger partial charge in [0.15, 0.2) is 17.9 Å². The molecule has 0 atom stereocenters. The van der Waals surface area contributed by atoms with Crippen molar-refractivity contribution in [2.75, 3.05) is 11.4 Å². The summed E-state index contributed by atoms with van der Waals surface area (Å²) in [5.74, 6) is -1.49. The first-order chi connectivity index (χ1) is 13.7. The van der Waals surface area contributed by atoms with E-state index in [1.165, 1.54) is 12.1 Å². The largest absolute Gasteiger partial charge is 0.504 e. The average Bonchev–Trinajstić information content (AvgIpc) is 2.66. The van der Waals surface area contributed by atoms with Crippen LogP contribution in [0.4, 0.5) is 14.9 Å². The Hall–Kier alpha value is -3.15. The van der Waals surface area contributed by atoms with Gasteiger partial charge in [-0.1, -0.05) is 18.2 Å². The highest BCUT2D eigenvalue weighted by Crippen LogP contribution is 2.30. The van der Waals surface area contributed by atoms with Gasteiger partial charge >= 0.3 is 6.09 Å². The Bertz CT molecular complexity index is 976. The fourth-order valence-electron chi connectivity index (χ4n) is 3.25. The molecule has 2 aromatic rings. The Balaban J connectivity index is 1.84. The SMILES string of the molecule is CC(C)(C)OC(=O)N1CCCc2cc(/C=C/c3cc(F)c(O)c(C=O)c3)ccc21. The summed E-state index contributed by atoms with van der Waals surface area (Å²) in [4.78, 5) is 25.1. The van der Waals surface area contributed by atoms with Crippen molar-refractivity contribution in [2.45, 2.75) is 39.2 Å². The summed E-state index contributed by atoms with van der Waals surface area (Å²) in [7, 11) is 0. The van der Waals surface area contributed by atoms with Crippen molar-refractivity contribution < 1.29 is 23.8 Å². The number of fused-ring (bicyclic) bond motifs is 1. The van der Waals surface area contributed by atoms with Gasteiger partial charge < -0.3 is 9.84 Å². The number of aromatic hydroxyl groups is 1. The third kappa shape index (κ3) is 4.83. The van der Waals surface area contributed by atoms with Crippen LogP contribution in [0.2, 0.25) is 0 Å². The van der Waals surface area contributed by atoms with Gasteiger partial charge in [0.25, 0.3) is 0 Å². The van der Waals surface area contributed by atoms with Crippen LogP contribution in [0.25, 0.3) is 12.2 Å². The molecule has 0 bridgehead atoms. The highest BCUT2D eigenvalue weighted by molar-refractivity contribution is 5.90. The molecule has 1 aliphatic heterocycles. The molecule has 1 aliphatic rings. The number of hydrogen-bond acceptors (Lipinski definition) is 4. The molecule has 3 rings (SSSR count). The zero-order valence-electron chi connectivity index (χ0n) is 16.7. The molecule has 0 aromatic heterocycles. The lowest BCUT2D eigenvalue weighted by molar-refractivity contribution is 0.0577. The molecular formula is C23H24FNO4. The van der Waals surface area contributed by atoms with Gasteiger partial charge in [0.05, 0.1) is 11.3 Å². The Morgan fingerprint density at radius 1 is 1.17 bits per heavy atom.